The van der Waals surface area contributed by atoms with E-state index in [1.807, 2.05) is 0 Å². The van der Waals surface area contributed by atoms with Crippen LogP contribution in [0.5, 0.6) is 0 Å². The van der Waals surface area contributed by atoms with Gasteiger partial charge in [-0.1, -0.05) is 59.3 Å². The molecule has 0 aliphatic heterocycles. The van der Waals surface area contributed by atoms with E-state index in [-0.39, 0.29) is 65.9 Å². The standard InChI is InChI=1S/C39H60O10/c1-23(2)34(49-33(43)22-46-11)27(47-31(41)20-44-9)18-24(3)25-12-16-38(7)26(25)19-28(48-32(42)21-45-10)35-37(6)15-14-30(40)36(4,5)29(37)13-17-39(35,38)8/h24,27-29,34-35H,1,12-22H2,2-11H3/t24-,27+,28+,29+,34+,35+,37+,38+,39+/m1/s1. The number of fused-ring (bicyclic) bond motifs is 5. The van der Waals surface area contributed by atoms with Gasteiger partial charge >= 0.3 is 17.9 Å². The van der Waals surface area contributed by atoms with Gasteiger partial charge in [-0.2, -0.15) is 0 Å². The van der Waals surface area contributed by atoms with Crippen LogP contribution in [0, 0.1) is 39.4 Å². The third-order valence-corrected chi connectivity index (χ3v) is 13.2. The number of rotatable bonds is 14. The lowest BCUT2D eigenvalue weighted by Gasteiger charge is -2.69. The number of hydrogen-bond donors (Lipinski definition) is 0. The fraction of sp³-hybridized carbons (Fsp3) is 0.795. The molecule has 0 saturated heterocycles. The van der Waals surface area contributed by atoms with Gasteiger partial charge < -0.3 is 28.4 Å². The second kappa shape index (κ2) is 15.0. The summed E-state index contributed by atoms with van der Waals surface area (Å²) >= 11 is 0. The predicted octanol–water partition coefficient (Wildman–Crippen LogP) is 6.19. The fourth-order valence-electron chi connectivity index (χ4n) is 10.9. The number of methoxy groups -OCH3 is 3. The van der Waals surface area contributed by atoms with Crippen molar-refractivity contribution in [3.8, 4) is 0 Å². The van der Waals surface area contributed by atoms with Crippen molar-refractivity contribution in [2.45, 2.75) is 118 Å². The molecule has 276 valence electrons. The first-order valence-corrected chi connectivity index (χ1v) is 17.9. The number of ketones is 1. The van der Waals surface area contributed by atoms with E-state index in [1.165, 1.54) is 32.5 Å². The summed E-state index contributed by atoms with van der Waals surface area (Å²) in [6.07, 6.45) is 3.97. The quantitative estimate of drug-likeness (QED) is 0.119. The van der Waals surface area contributed by atoms with Crippen LogP contribution in [0.1, 0.15) is 99.8 Å². The molecule has 4 rings (SSSR count). The summed E-state index contributed by atoms with van der Waals surface area (Å²) in [5.74, 6) is -0.974. The molecule has 0 aromatic heterocycles. The van der Waals surface area contributed by atoms with E-state index >= 15 is 0 Å². The monoisotopic (exact) mass is 688 g/mol. The molecule has 10 heteroatoms. The number of carbonyl (C=O) groups excluding carboxylic acids is 4. The third-order valence-electron chi connectivity index (χ3n) is 13.2. The summed E-state index contributed by atoms with van der Waals surface area (Å²) in [5.41, 5.74) is 2.16. The second-order valence-electron chi connectivity index (χ2n) is 16.4. The minimum Gasteiger partial charge on any atom is -0.460 e. The molecule has 0 heterocycles. The molecular weight excluding hydrogens is 628 g/mol. The van der Waals surface area contributed by atoms with Crippen LogP contribution in [0.25, 0.3) is 0 Å². The summed E-state index contributed by atoms with van der Waals surface area (Å²) in [6.45, 7) is 18.7. The highest BCUT2D eigenvalue weighted by molar-refractivity contribution is 5.85. The Hall–Kier alpha value is -2.56. The molecule has 3 fully saturated rings. The predicted molar refractivity (Wildman–Crippen MR) is 183 cm³/mol. The van der Waals surface area contributed by atoms with Gasteiger partial charge in [0, 0.05) is 45.5 Å². The lowest BCUT2D eigenvalue weighted by molar-refractivity contribution is -0.219. The van der Waals surface area contributed by atoms with E-state index in [9.17, 15) is 19.2 Å². The Balaban J connectivity index is 1.76. The van der Waals surface area contributed by atoms with Crippen molar-refractivity contribution < 1.29 is 47.6 Å². The molecule has 49 heavy (non-hydrogen) atoms. The summed E-state index contributed by atoms with van der Waals surface area (Å²) in [6, 6.07) is 0. The molecule has 4 aliphatic rings. The van der Waals surface area contributed by atoms with Crippen molar-refractivity contribution in [2.75, 3.05) is 41.2 Å². The molecule has 10 nitrogen and oxygen atoms in total. The Morgan fingerprint density at radius 2 is 1.45 bits per heavy atom. The molecule has 0 N–H and O–H groups in total. The van der Waals surface area contributed by atoms with Crippen LogP contribution < -0.4 is 0 Å². The van der Waals surface area contributed by atoms with Gasteiger partial charge in [-0.3, -0.25) is 4.79 Å². The minimum atomic E-state index is -0.868. The van der Waals surface area contributed by atoms with Crippen molar-refractivity contribution in [1.82, 2.24) is 0 Å². The normalized spacial score (nSPS) is 33.8. The number of hydrogen-bond acceptors (Lipinski definition) is 10. The first-order chi connectivity index (χ1) is 22.9. The lowest BCUT2D eigenvalue weighted by Crippen LogP contribution is -2.66. The molecule has 0 radical (unpaired) electrons. The zero-order valence-corrected chi connectivity index (χ0v) is 31.5. The van der Waals surface area contributed by atoms with Gasteiger partial charge in [0.05, 0.1) is 0 Å². The molecule has 0 aromatic rings. The van der Waals surface area contributed by atoms with Crippen LogP contribution in [0.4, 0.5) is 0 Å². The molecule has 3 saturated carbocycles. The van der Waals surface area contributed by atoms with Crippen LogP contribution in [0.15, 0.2) is 23.3 Å². The van der Waals surface area contributed by atoms with E-state index in [0.29, 0.717) is 30.6 Å². The van der Waals surface area contributed by atoms with Gasteiger partial charge in [0.15, 0.2) is 6.10 Å². The van der Waals surface area contributed by atoms with Gasteiger partial charge in [0.2, 0.25) is 0 Å². The summed E-state index contributed by atoms with van der Waals surface area (Å²) < 4.78 is 33.3. The fourth-order valence-corrected chi connectivity index (χ4v) is 10.9. The van der Waals surface area contributed by atoms with Crippen LogP contribution in [-0.2, 0) is 47.6 Å². The molecule has 0 aromatic carbocycles. The average molecular weight is 689 g/mol. The van der Waals surface area contributed by atoms with Crippen LogP contribution in [0.3, 0.4) is 0 Å². The van der Waals surface area contributed by atoms with Gasteiger partial charge in [-0.25, -0.2) is 14.4 Å². The topological polar surface area (TPSA) is 124 Å². The van der Waals surface area contributed by atoms with Gasteiger partial charge in [-0.15, -0.1) is 0 Å². The number of carbonyl (C=O) groups is 4. The van der Waals surface area contributed by atoms with E-state index in [1.54, 1.807) is 6.92 Å². The Bertz CT molecular complexity index is 1330. The molecule has 4 aliphatic carbocycles. The molecule has 0 amide bonds. The SMILES string of the molecule is C=C(C)[C@H](OC(=O)COC)[C@H](C[C@@H](C)C1=C2C[C@H](OC(=O)COC)[C@H]3[C@@]4(C)CCC(=O)C(C)(C)[C@@H]4CC[C@]3(C)[C@@]2(C)CC1)OC(=O)COC. The number of esters is 3. The van der Waals surface area contributed by atoms with Gasteiger partial charge in [0.1, 0.15) is 37.8 Å². The minimum absolute atomic E-state index is 0.0474. The third kappa shape index (κ3) is 7.16. The van der Waals surface area contributed by atoms with E-state index in [0.717, 1.165) is 32.1 Å². The summed E-state index contributed by atoms with van der Waals surface area (Å²) in [5, 5.41) is 0. The van der Waals surface area contributed by atoms with Crippen molar-refractivity contribution in [2.24, 2.45) is 39.4 Å². The van der Waals surface area contributed by atoms with Crippen LogP contribution in [-0.4, -0.2) is 83.2 Å². The highest BCUT2D eigenvalue weighted by atomic mass is 16.6. The molecule has 0 spiro atoms. The van der Waals surface area contributed by atoms with E-state index in [2.05, 4.69) is 48.1 Å². The number of ether oxygens (including phenoxy) is 6. The maximum absolute atomic E-state index is 13.2. The maximum Gasteiger partial charge on any atom is 0.332 e. The Morgan fingerprint density at radius 1 is 0.857 bits per heavy atom. The van der Waals surface area contributed by atoms with Gasteiger partial charge in [-0.05, 0) is 79.1 Å². The van der Waals surface area contributed by atoms with Crippen LogP contribution in [0.2, 0.25) is 0 Å². The number of allylic oxidation sites excluding steroid dienone is 1. The van der Waals surface area contributed by atoms with Crippen molar-refractivity contribution in [1.29, 1.82) is 0 Å². The van der Waals surface area contributed by atoms with E-state index < -0.39 is 29.6 Å². The molecule has 9 atom stereocenters. The summed E-state index contributed by atoms with van der Waals surface area (Å²) in [7, 11) is 4.33. The zero-order chi connectivity index (χ0) is 36.5. The van der Waals surface area contributed by atoms with Crippen LogP contribution >= 0.6 is 0 Å². The highest BCUT2D eigenvalue weighted by Gasteiger charge is 2.70. The Kier molecular flexibility index (Phi) is 12.0. The lowest BCUT2D eigenvalue weighted by atomic mass is 9.36. The zero-order valence-electron chi connectivity index (χ0n) is 31.5. The van der Waals surface area contributed by atoms with Crippen molar-refractivity contribution in [3.05, 3.63) is 23.3 Å². The summed E-state index contributed by atoms with van der Waals surface area (Å²) in [4.78, 5) is 51.7. The highest BCUT2D eigenvalue weighted by Crippen LogP contribution is 2.74. The maximum atomic E-state index is 13.2. The first kappa shape index (κ1) is 39.2. The Morgan fingerprint density at radius 3 is 2.04 bits per heavy atom. The smallest absolute Gasteiger partial charge is 0.332 e. The Labute approximate surface area is 293 Å². The second-order valence-corrected chi connectivity index (χ2v) is 16.4. The molecular formula is C39H60O10. The molecule has 0 unspecified atom stereocenters. The van der Waals surface area contributed by atoms with Gasteiger partial charge in [0.25, 0.3) is 0 Å². The number of Topliss-reactive ketones (excluding diaryl/α,β-unsaturated/α-hetero) is 1. The van der Waals surface area contributed by atoms with Crippen molar-refractivity contribution >= 4 is 23.7 Å². The molecule has 0 bridgehead atoms. The van der Waals surface area contributed by atoms with E-state index in [4.69, 9.17) is 28.4 Å². The average Bonchev–Trinajstić information content (AvgIpc) is 3.35. The first-order valence-electron chi connectivity index (χ1n) is 17.9. The largest absolute Gasteiger partial charge is 0.460 e. The van der Waals surface area contributed by atoms with Crippen molar-refractivity contribution in [3.63, 3.8) is 0 Å².